The smallest absolute Gasteiger partial charge is 0.264 e. The van der Waals surface area contributed by atoms with E-state index in [0.717, 1.165) is 28.3 Å². The minimum atomic E-state index is -0.320. The van der Waals surface area contributed by atoms with Gasteiger partial charge in [-0.05, 0) is 91.8 Å². The van der Waals surface area contributed by atoms with Crippen LogP contribution in [0.25, 0.3) is 11.8 Å². The normalized spacial score (nSPS) is 16.2. The first-order valence-corrected chi connectivity index (χ1v) is 10.7. The first-order valence-electron chi connectivity index (χ1n) is 9.83. The van der Waals surface area contributed by atoms with Crippen molar-refractivity contribution in [1.82, 2.24) is 9.88 Å². The highest BCUT2D eigenvalue weighted by atomic mass is 32.2. The highest BCUT2D eigenvalue weighted by Gasteiger charge is 2.24. The van der Waals surface area contributed by atoms with E-state index in [4.69, 9.17) is 0 Å². The molecule has 0 unspecified atom stereocenters. The molecule has 0 bridgehead atoms. The summed E-state index contributed by atoms with van der Waals surface area (Å²) in [5.74, 6) is -0.509. The summed E-state index contributed by atoms with van der Waals surface area (Å²) >= 11 is 1.28. The zero-order valence-electron chi connectivity index (χ0n) is 17.8. The Bertz CT molecular complexity index is 1190. The number of rotatable bonds is 4. The summed E-state index contributed by atoms with van der Waals surface area (Å²) in [5, 5.41) is 3.26. The standard InChI is InChI=1S/C24H23FN4OS/c1-15-13-17(16(2)29(15)21-11-9-20(10-12-21)28(3)4)14-22-23(30)27-24(31-22)26-19-7-5-18(25)6-8-19/h5-14H,1-4H3,(H,26,27,30)/b22-14+. The minimum Gasteiger partial charge on any atom is -0.378 e. The van der Waals surface area contributed by atoms with Crippen LogP contribution in [0, 0.1) is 19.7 Å². The van der Waals surface area contributed by atoms with Crippen molar-refractivity contribution in [3.63, 3.8) is 0 Å². The Labute approximate surface area is 185 Å². The summed E-state index contributed by atoms with van der Waals surface area (Å²) < 4.78 is 15.3. The fourth-order valence-corrected chi connectivity index (χ4v) is 4.32. The Hall–Kier alpha value is -3.32. The number of halogens is 1. The molecule has 1 N–H and O–H groups in total. The number of aromatic nitrogens is 1. The van der Waals surface area contributed by atoms with Gasteiger partial charge in [0.1, 0.15) is 5.82 Å². The Morgan fingerprint density at radius 3 is 2.39 bits per heavy atom. The Kier molecular flexibility index (Phi) is 5.69. The fourth-order valence-electron chi connectivity index (χ4n) is 3.49. The van der Waals surface area contributed by atoms with Crippen molar-refractivity contribution < 1.29 is 9.18 Å². The van der Waals surface area contributed by atoms with Gasteiger partial charge >= 0.3 is 0 Å². The molecule has 4 rings (SSSR count). The second-order valence-corrected chi connectivity index (χ2v) is 8.56. The van der Waals surface area contributed by atoms with Gasteiger partial charge in [0.2, 0.25) is 0 Å². The number of benzene rings is 2. The van der Waals surface area contributed by atoms with Crippen LogP contribution in [-0.4, -0.2) is 29.7 Å². The number of aliphatic imine (C=N–C) groups is 1. The van der Waals surface area contributed by atoms with Gasteiger partial charge in [-0.3, -0.25) is 4.79 Å². The van der Waals surface area contributed by atoms with Crippen LogP contribution in [-0.2, 0) is 4.79 Å². The lowest BCUT2D eigenvalue weighted by atomic mass is 10.2. The summed E-state index contributed by atoms with van der Waals surface area (Å²) in [6, 6.07) is 16.3. The van der Waals surface area contributed by atoms with Crippen LogP contribution in [0.4, 0.5) is 15.8 Å². The predicted molar refractivity (Wildman–Crippen MR) is 127 cm³/mol. The molecule has 5 nitrogen and oxygen atoms in total. The predicted octanol–water partition coefficient (Wildman–Crippen LogP) is 5.19. The maximum absolute atomic E-state index is 13.1. The molecule has 1 aromatic heterocycles. The second-order valence-electron chi connectivity index (χ2n) is 7.53. The highest BCUT2D eigenvalue weighted by molar-refractivity contribution is 8.18. The number of hydrogen-bond donors (Lipinski definition) is 1. The van der Waals surface area contributed by atoms with Crippen LogP contribution in [0.3, 0.4) is 0 Å². The van der Waals surface area contributed by atoms with Gasteiger partial charge in [-0.1, -0.05) is 0 Å². The molecule has 0 saturated carbocycles. The highest BCUT2D eigenvalue weighted by Crippen LogP contribution is 2.31. The molecular formula is C24H23FN4OS. The molecule has 0 aliphatic carbocycles. The van der Waals surface area contributed by atoms with Crippen LogP contribution in [0.15, 0.2) is 64.5 Å². The lowest BCUT2D eigenvalue weighted by Crippen LogP contribution is -2.19. The number of thioether (sulfide) groups is 1. The van der Waals surface area contributed by atoms with Crippen molar-refractivity contribution in [2.24, 2.45) is 4.99 Å². The summed E-state index contributed by atoms with van der Waals surface area (Å²) in [6.07, 6.45) is 1.89. The largest absolute Gasteiger partial charge is 0.378 e. The van der Waals surface area contributed by atoms with Crippen molar-refractivity contribution in [2.45, 2.75) is 13.8 Å². The molecular weight excluding hydrogens is 411 g/mol. The maximum atomic E-state index is 13.1. The third-order valence-electron chi connectivity index (χ3n) is 5.09. The van der Waals surface area contributed by atoms with Crippen LogP contribution in [0.2, 0.25) is 0 Å². The van der Waals surface area contributed by atoms with E-state index in [1.54, 1.807) is 12.1 Å². The first-order chi connectivity index (χ1) is 14.8. The molecule has 3 aromatic rings. The quantitative estimate of drug-likeness (QED) is 0.575. The number of nitrogens with zero attached hydrogens (tertiary/aromatic N) is 3. The summed E-state index contributed by atoms with van der Waals surface area (Å²) in [5.41, 5.74) is 5.93. The van der Waals surface area contributed by atoms with E-state index in [9.17, 15) is 9.18 Å². The average Bonchev–Trinajstić information content (AvgIpc) is 3.22. The molecule has 1 saturated heterocycles. The number of amidine groups is 1. The van der Waals surface area contributed by atoms with E-state index < -0.39 is 0 Å². The molecule has 1 aliphatic heterocycles. The fraction of sp³-hybridized carbons (Fsp3) is 0.167. The number of hydrogen-bond acceptors (Lipinski definition) is 4. The van der Waals surface area contributed by atoms with Gasteiger partial charge in [0.15, 0.2) is 5.17 Å². The molecule has 1 amide bonds. The molecule has 2 aromatic carbocycles. The molecule has 2 heterocycles. The topological polar surface area (TPSA) is 49.6 Å². The monoisotopic (exact) mass is 434 g/mol. The molecule has 31 heavy (non-hydrogen) atoms. The van der Waals surface area contributed by atoms with Crippen LogP contribution < -0.4 is 10.2 Å². The lowest BCUT2D eigenvalue weighted by molar-refractivity contribution is -0.115. The molecule has 0 spiro atoms. The Morgan fingerprint density at radius 1 is 1.06 bits per heavy atom. The SMILES string of the molecule is Cc1cc(/C=C2/SC(=Nc3ccc(F)cc3)NC2=O)c(C)n1-c1ccc(N(C)C)cc1. The Balaban J connectivity index is 1.61. The van der Waals surface area contributed by atoms with E-state index in [1.165, 1.54) is 23.9 Å². The molecule has 0 atom stereocenters. The van der Waals surface area contributed by atoms with Crippen molar-refractivity contribution in [3.8, 4) is 5.69 Å². The van der Waals surface area contributed by atoms with E-state index in [1.807, 2.05) is 27.1 Å². The van der Waals surface area contributed by atoms with Gasteiger partial charge in [0.25, 0.3) is 5.91 Å². The summed E-state index contributed by atoms with van der Waals surface area (Å²) in [4.78, 5) is 19.5. The second kappa shape index (κ2) is 8.43. The third-order valence-corrected chi connectivity index (χ3v) is 6.00. The Morgan fingerprint density at radius 2 is 1.74 bits per heavy atom. The average molecular weight is 435 g/mol. The van der Waals surface area contributed by atoms with Gasteiger partial charge in [0, 0.05) is 36.9 Å². The van der Waals surface area contributed by atoms with Crippen molar-refractivity contribution in [1.29, 1.82) is 0 Å². The van der Waals surface area contributed by atoms with Crippen molar-refractivity contribution in [3.05, 3.63) is 82.3 Å². The minimum absolute atomic E-state index is 0.189. The van der Waals surface area contributed by atoms with E-state index in [0.29, 0.717) is 15.8 Å². The first kappa shape index (κ1) is 20.9. The van der Waals surface area contributed by atoms with E-state index in [-0.39, 0.29) is 11.7 Å². The van der Waals surface area contributed by atoms with Gasteiger partial charge in [-0.25, -0.2) is 9.38 Å². The van der Waals surface area contributed by atoms with E-state index >= 15 is 0 Å². The van der Waals surface area contributed by atoms with Gasteiger partial charge < -0.3 is 14.8 Å². The molecule has 158 valence electrons. The zero-order chi connectivity index (χ0) is 22.1. The molecule has 7 heteroatoms. The van der Waals surface area contributed by atoms with E-state index in [2.05, 4.69) is 57.0 Å². The third kappa shape index (κ3) is 4.41. The number of amides is 1. The van der Waals surface area contributed by atoms with Crippen LogP contribution in [0.5, 0.6) is 0 Å². The molecule has 0 radical (unpaired) electrons. The molecule has 1 fully saturated rings. The maximum Gasteiger partial charge on any atom is 0.264 e. The summed E-state index contributed by atoms with van der Waals surface area (Å²) in [6.45, 7) is 4.10. The van der Waals surface area contributed by atoms with Gasteiger partial charge in [0.05, 0.1) is 10.6 Å². The number of carbonyl (C=O) groups excluding carboxylic acids is 1. The molecule has 1 aliphatic rings. The van der Waals surface area contributed by atoms with Crippen LogP contribution in [0.1, 0.15) is 17.0 Å². The number of aryl methyl sites for hydroxylation is 1. The van der Waals surface area contributed by atoms with Gasteiger partial charge in [-0.2, -0.15) is 0 Å². The number of carbonyl (C=O) groups is 1. The summed E-state index contributed by atoms with van der Waals surface area (Å²) in [7, 11) is 4.03. The van der Waals surface area contributed by atoms with Crippen LogP contribution >= 0.6 is 11.8 Å². The zero-order valence-corrected chi connectivity index (χ0v) is 18.6. The number of nitrogens with one attached hydrogen (secondary N) is 1. The number of anilines is 1. The van der Waals surface area contributed by atoms with Gasteiger partial charge in [-0.15, -0.1) is 0 Å². The lowest BCUT2D eigenvalue weighted by Gasteiger charge is -2.14. The van der Waals surface area contributed by atoms with Crippen molar-refractivity contribution >= 4 is 40.3 Å². The van der Waals surface area contributed by atoms with Crippen molar-refractivity contribution in [2.75, 3.05) is 19.0 Å².